The van der Waals surface area contributed by atoms with Crippen molar-refractivity contribution in [2.75, 3.05) is 7.11 Å². The molecule has 3 aromatic rings. The summed E-state index contributed by atoms with van der Waals surface area (Å²) < 4.78 is 15.4. The van der Waals surface area contributed by atoms with E-state index in [1.165, 1.54) is 13.4 Å². The quantitative estimate of drug-likeness (QED) is 0.588. The molecule has 0 saturated heterocycles. The maximum atomic E-state index is 11.4. The number of carbonyl (C=O) groups is 1. The fraction of sp³-hybridized carbons (Fsp3) is 0.0667. The summed E-state index contributed by atoms with van der Waals surface area (Å²) >= 11 is 0. The van der Waals surface area contributed by atoms with Crippen LogP contribution >= 0.6 is 0 Å². The van der Waals surface area contributed by atoms with Crippen molar-refractivity contribution in [1.82, 2.24) is 4.98 Å². The summed E-state index contributed by atoms with van der Waals surface area (Å²) in [7, 11) is 1.31. The minimum Gasteiger partial charge on any atom is -0.464 e. The molecule has 0 spiro atoms. The van der Waals surface area contributed by atoms with Crippen molar-refractivity contribution in [3.8, 4) is 6.07 Å². The van der Waals surface area contributed by atoms with Gasteiger partial charge in [0.1, 0.15) is 23.3 Å². The molecule has 0 radical (unpaired) electrons. The summed E-state index contributed by atoms with van der Waals surface area (Å²) in [6.45, 7) is 0. The van der Waals surface area contributed by atoms with Crippen LogP contribution in [-0.4, -0.2) is 18.1 Å². The fourth-order valence-corrected chi connectivity index (χ4v) is 1.97. The number of fused-ring (bicyclic) bond motifs is 1. The lowest BCUT2D eigenvalue weighted by Crippen LogP contribution is -2.00. The normalized spacial score (nSPS) is 11.5. The van der Waals surface area contributed by atoms with Crippen LogP contribution in [-0.2, 0) is 4.74 Å². The monoisotopic (exact) mass is 282 g/mol. The van der Waals surface area contributed by atoms with E-state index in [-0.39, 0.29) is 0 Å². The van der Waals surface area contributed by atoms with E-state index in [1.807, 2.05) is 0 Å². The number of ether oxygens (including phenoxy) is 1. The number of nitrogens with one attached hydrogen (secondary N) is 1. The number of rotatable bonds is 3. The molecule has 3 heterocycles. The van der Waals surface area contributed by atoms with Crippen LogP contribution in [0.3, 0.4) is 0 Å². The van der Waals surface area contributed by atoms with E-state index in [2.05, 4.69) is 15.8 Å². The number of hydrogen-bond acceptors (Lipinski definition) is 5. The molecular weight excluding hydrogens is 272 g/mol. The van der Waals surface area contributed by atoms with E-state index in [4.69, 9.17) is 14.1 Å². The highest BCUT2D eigenvalue weighted by atomic mass is 16.5. The van der Waals surface area contributed by atoms with E-state index < -0.39 is 5.97 Å². The van der Waals surface area contributed by atoms with Crippen LogP contribution in [0, 0.1) is 11.3 Å². The molecule has 0 aliphatic heterocycles. The SMILES string of the molecule is COC(=O)c1cc2oc(/C=C(/C#N)c3ccco3)cc2[nH]1. The van der Waals surface area contributed by atoms with E-state index in [1.54, 1.807) is 30.3 Å². The number of nitriles is 1. The van der Waals surface area contributed by atoms with Gasteiger partial charge in [0.05, 0.1) is 24.5 Å². The number of aromatic nitrogens is 1. The van der Waals surface area contributed by atoms with Crippen molar-refractivity contribution in [1.29, 1.82) is 5.26 Å². The molecule has 0 saturated carbocycles. The van der Waals surface area contributed by atoms with Crippen LogP contribution in [0.15, 0.2) is 39.4 Å². The molecule has 0 aliphatic carbocycles. The van der Waals surface area contributed by atoms with E-state index >= 15 is 0 Å². The number of allylic oxidation sites excluding steroid dienone is 1. The molecule has 6 nitrogen and oxygen atoms in total. The van der Waals surface area contributed by atoms with Crippen LogP contribution in [0.2, 0.25) is 0 Å². The molecular formula is C15H10N2O4. The van der Waals surface area contributed by atoms with E-state index in [0.29, 0.717) is 33.9 Å². The first-order valence-corrected chi connectivity index (χ1v) is 6.08. The van der Waals surface area contributed by atoms with Gasteiger partial charge >= 0.3 is 5.97 Å². The third-order valence-electron chi connectivity index (χ3n) is 2.92. The Morgan fingerprint density at radius 2 is 2.33 bits per heavy atom. The second-order valence-electron chi connectivity index (χ2n) is 4.25. The van der Waals surface area contributed by atoms with Crippen LogP contribution in [0.5, 0.6) is 0 Å². The lowest BCUT2D eigenvalue weighted by atomic mass is 10.2. The predicted molar refractivity (Wildman–Crippen MR) is 74.1 cm³/mol. The molecule has 0 bridgehead atoms. The number of esters is 1. The smallest absolute Gasteiger partial charge is 0.354 e. The molecule has 3 aromatic heterocycles. The molecule has 0 aromatic carbocycles. The van der Waals surface area contributed by atoms with Crippen molar-refractivity contribution < 1.29 is 18.4 Å². The van der Waals surface area contributed by atoms with E-state index in [0.717, 1.165) is 0 Å². The van der Waals surface area contributed by atoms with Gasteiger partial charge in [-0.3, -0.25) is 0 Å². The molecule has 0 fully saturated rings. The topological polar surface area (TPSA) is 92.2 Å². The van der Waals surface area contributed by atoms with Crippen LogP contribution < -0.4 is 0 Å². The Balaban J connectivity index is 1.97. The van der Waals surface area contributed by atoms with Crippen molar-refractivity contribution in [3.05, 3.63) is 47.7 Å². The van der Waals surface area contributed by atoms with Crippen molar-refractivity contribution in [2.24, 2.45) is 0 Å². The van der Waals surface area contributed by atoms with Gasteiger partial charge < -0.3 is 18.6 Å². The van der Waals surface area contributed by atoms with E-state index in [9.17, 15) is 4.79 Å². The molecule has 104 valence electrons. The third kappa shape index (κ3) is 2.32. The fourth-order valence-electron chi connectivity index (χ4n) is 1.97. The molecule has 0 unspecified atom stereocenters. The standard InChI is InChI=1S/C15H10N2O4/c1-19-15(18)12-7-14-11(17-12)6-10(21-14)5-9(8-16)13-3-2-4-20-13/h2-7,17H,1H3/b9-5-. The van der Waals surface area contributed by atoms with Crippen LogP contribution in [0.1, 0.15) is 22.0 Å². The molecule has 1 N–H and O–H groups in total. The molecule has 0 atom stereocenters. The maximum absolute atomic E-state index is 11.4. The van der Waals surface area contributed by atoms with Crippen molar-refractivity contribution in [3.63, 3.8) is 0 Å². The summed E-state index contributed by atoms with van der Waals surface area (Å²) in [6, 6.07) is 8.70. The lowest BCUT2D eigenvalue weighted by Gasteiger charge is -1.93. The van der Waals surface area contributed by atoms with Crippen LogP contribution in [0.4, 0.5) is 0 Å². The van der Waals surface area contributed by atoms with Crippen molar-refractivity contribution >= 4 is 28.7 Å². The zero-order valence-electron chi connectivity index (χ0n) is 11.0. The number of methoxy groups -OCH3 is 1. The number of hydrogen-bond donors (Lipinski definition) is 1. The number of H-pyrrole nitrogens is 1. The number of aromatic amines is 1. The van der Waals surface area contributed by atoms with Gasteiger partial charge in [-0.2, -0.15) is 5.26 Å². The van der Waals surface area contributed by atoms with Gasteiger partial charge in [-0.05, 0) is 12.1 Å². The molecule has 6 heteroatoms. The van der Waals surface area contributed by atoms with Crippen LogP contribution in [0.25, 0.3) is 22.7 Å². The Labute approximate surface area is 119 Å². The predicted octanol–water partition coefficient (Wildman–Crippen LogP) is 3.20. The molecule has 3 rings (SSSR count). The highest BCUT2D eigenvalue weighted by Gasteiger charge is 2.13. The Bertz CT molecular complexity index is 828. The Kier molecular flexibility index (Phi) is 3.09. The van der Waals surface area contributed by atoms with Gasteiger partial charge in [-0.25, -0.2) is 4.79 Å². The minimum atomic E-state index is -0.466. The lowest BCUT2D eigenvalue weighted by molar-refractivity contribution is 0.0595. The Morgan fingerprint density at radius 3 is 2.95 bits per heavy atom. The average molecular weight is 282 g/mol. The average Bonchev–Trinajstić information content (AvgIpc) is 3.18. The van der Waals surface area contributed by atoms with Gasteiger partial charge in [0.15, 0.2) is 5.58 Å². The summed E-state index contributed by atoms with van der Waals surface area (Å²) in [5.74, 6) is 0.486. The Morgan fingerprint density at radius 1 is 1.48 bits per heavy atom. The first-order chi connectivity index (χ1) is 10.2. The summed E-state index contributed by atoms with van der Waals surface area (Å²) in [6.07, 6.45) is 3.07. The number of furan rings is 2. The second kappa shape index (κ2) is 5.06. The zero-order valence-corrected chi connectivity index (χ0v) is 11.0. The third-order valence-corrected chi connectivity index (χ3v) is 2.92. The number of nitrogens with zero attached hydrogens (tertiary/aromatic N) is 1. The largest absolute Gasteiger partial charge is 0.464 e. The highest BCUT2D eigenvalue weighted by molar-refractivity contribution is 5.94. The van der Waals surface area contributed by atoms with Gasteiger partial charge in [-0.1, -0.05) is 0 Å². The van der Waals surface area contributed by atoms with Gasteiger partial charge in [0.2, 0.25) is 0 Å². The Hall–Kier alpha value is -3.20. The summed E-state index contributed by atoms with van der Waals surface area (Å²) in [4.78, 5) is 14.3. The van der Waals surface area contributed by atoms with Gasteiger partial charge in [-0.15, -0.1) is 0 Å². The first-order valence-electron chi connectivity index (χ1n) is 6.08. The first kappa shape index (κ1) is 12.8. The van der Waals surface area contributed by atoms with Crippen molar-refractivity contribution in [2.45, 2.75) is 0 Å². The van der Waals surface area contributed by atoms with Gasteiger partial charge in [0.25, 0.3) is 0 Å². The summed E-state index contributed by atoms with van der Waals surface area (Å²) in [5, 5.41) is 9.14. The number of carbonyl (C=O) groups excluding carboxylic acids is 1. The summed E-state index contributed by atoms with van der Waals surface area (Å²) in [5.41, 5.74) is 1.83. The zero-order chi connectivity index (χ0) is 14.8. The molecule has 0 amide bonds. The second-order valence-corrected chi connectivity index (χ2v) is 4.25. The van der Waals surface area contributed by atoms with Gasteiger partial charge in [0, 0.05) is 18.2 Å². The minimum absolute atomic E-state index is 0.313. The highest BCUT2D eigenvalue weighted by Crippen LogP contribution is 2.24. The molecule has 21 heavy (non-hydrogen) atoms. The maximum Gasteiger partial charge on any atom is 0.354 e. The molecule has 0 aliphatic rings.